The second-order valence-corrected chi connectivity index (χ2v) is 19.6. The Morgan fingerprint density at radius 3 is 1.04 bits per heavy atom. The van der Waals surface area contributed by atoms with Crippen molar-refractivity contribution < 1.29 is 8.85 Å². The topological polar surface area (TPSA) is 18.5 Å². The van der Waals surface area contributed by atoms with Gasteiger partial charge in [-0.15, -0.1) is 0 Å². The molecule has 2 nitrogen and oxygen atoms in total. The van der Waals surface area contributed by atoms with Crippen molar-refractivity contribution in [2.75, 3.05) is 0 Å². The fourth-order valence-corrected chi connectivity index (χ4v) is 4.29. The third-order valence-electron chi connectivity index (χ3n) is 5.42. The van der Waals surface area contributed by atoms with Gasteiger partial charge < -0.3 is 8.85 Å². The third-order valence-corrected chi connectivity index (χ3v) is 14.5. The standard InChI is InChI=1S/C24H38O2Si2/c1-21(25-27(9,10)23(3,4)5)19-17-15-13-14-16-18-20-22(2)26-28(11,12)24(6,7)8/h21-22H,1-12H3/t21-,22-/m0/s1. The molecule has 0 spiro atoms. The van der Waals surface area contributed by atoms with E-state index in [1.54, 1.807) is 0 Å². The quantitative estimate of drug-likeness (QED) is 0.426. The van der Waals surface area contributed by atoms with Crippen molar-refractivity contribution in [1.29, 1.82) is 0 Å². The lowest BCUT2D eigenvalue weighted by Gasteiger charge is -2.37. The molecule has 0 aromatic carbocycles. The molecule has 0 N–H and O–H groups in total. The zero-order valence-corrected chi connectivity index (χ0v) is 22.0. The van der Waals surface area contributed by atoms with Crippen LogP contribution in [-0.4, -0.2) is 28.8 Å². The molecule has 4 heteroatoms. The van der Waals surface area contributed by atoms with Crippen molar-refractivity contribution in [1.82, 2.24) is 0 Å². The van der Waals surface area contributed by atoms with Gasteiger partial charge in [0.1, 0.15) is 12.2 Å². The SMILES string of the molecule is C[C@@H](C#CC#CC#CC#C[C@H](C)O[Si](C)(C)C(C)(C)C)O[Si](C)(C)C(C)(C)C. The molecule has 0 unspecified atom stereocenters. The van der Waals surface area contributed by atoms with Crippen LogP contribution >= 0.6 is 0 Å². The summed E-state index contributed by atoms with van der Waals surface area (Å²) >= 11 is 0. The maximum Gasteiger partial charge on any atom is 0.193 e. The van der Waals surface area contributed by atoms with Crippen molar-refractivity contribution >= 4 is 16.6 Å². The second-order valence-electron chi connectivity index (χ2n) is 10.1. The summed E-state index contributed by atoms with van der Waals surface area (Å²) in [5.74, 6) is 22.6. The summed E-state index contributed by atoms with van der Waals surface area (Å²) in [7, 11) is -3.60. The highest BCUT2D eigenvalue weighted by Gasteiger charge is 2.38. The van der Waals surface area contributed by atoms with E-state index in [-0.39, 0.29) is 22.3 Å². The Kier molecular flexibility index (Phi) is 9.87. The van der Waals surface area contributed by atoms with E-state index in [1.807, 2.05) is 13.8 Å². The van der Waals surface area contributed by atoms with E-state index in [9.17, 15) is 0 Å². The van der Waals surface area contributed by atoms with Crippen LogP contribution in [0.2, 0.25) is 36.3 Å². The molecule has 154 valence electrons. The summed E-state index contributed by atoms with van der Waals surface area (Å²) in [4.78, 5) is 0. The van der Waals surface area contributed by atoms with Gasteiger partial charge in [0.2, 0.25) is 0 Å². The van der Waals surface area contributed by atoms with Crippen molar-refractivity contribution in [3.05, 3.63) is 0 Å². The van der Waals surface area contributed by atoms with E-state index in [2.05, 4.69) is 115 Å². The minimum absolute atomic E-state index is 0.128. The average Bonchev–Trinajstić information content (AvgIpc) is 2.46. The van der Waals surface area contributed by atoms with Gasteiger partial charge in [0.25, 0.3) is 0 Å². The van der Waals surface area contributed by atoms with Gasteiger partial charge in [-0.25, -0.2) is 0 Å². The van der Waals surface area contributed by atoms with Crippen LogP contribution in [0.15, 0.2) is 0 Å². The first-order valence-corrected chi connectivity index (χ1v) is 15.7. The smallest absolute Gasteiger partial charge is 0.193 e. The Bertz CT molecular complexity index is 696. The summed E-state index contributed by atoms with van der Waals surface area (Å²) in [5.41, 5.74) is 0. The summed E-state index contributed by atoms with van der Waals surface area (Å²) in [5, 5.41) is 0.342. The molecule has 0 saturated heterocycles. The molecular formula is C24H38O2Si2. The van der Waals surface area contributed by atoms with Crippen molar-refractivity contribution in [3.8, 4) is 47.4 Å². The van der Waals surface area contributed by atoms with Crippen molar-refractivity contribution in [3.63, 3.8) is 0 Å². The zero-order valence-electron chi connectivity index (χ0n) is 20.0. The lowest BCUT2D eigenvalue weighted by Crippen LogP contribution is -2.43. The number of hydrogen-bond donors (Lipinski definition) is 0. The molecule has 0 aliphatic rings. The normalized spacial score (nSPS) is 14.0. The zero-order chi connectivity index (χ0) is 22.2. The molecule has 0 saturated carbocycles. The first kappa shape index (κ1) is 26.6. The molecule has 0 radical (unpaired) electrons. The second kappa shape index (κ2) is 10.4. The van der Waals surface area contributed by atoms with Gasteiger partial charge in [-0.05, 0) is 85.6 Å². The van der Waals surface area contributed by atoms with Crippen LogP contribution in [0.1, 0.15) is 55.4 Å². The minimum Gasteiger partial charge on any atom is -0.404 e. The van der Waals surface area contributed by atoms with Gasteiger partial charge in [0, 0.05) is 0 Å². The van der Waals surface area contributed by atoms with Crippen molar-refractivity contribution in [2.24, 2.45) is 0 Å². The van der Waals surface area contributed by atoms with Crippen LogP contribution in [0.3, 0.4) is 0 Å². The van der Waals surface area contributed by atoms with Gasteiger partial charge in [-0.1, -0.05) is 53.4 Å². The molecule has 0 amide bonds. The van der Waals surface area contributed by atoms with E-state index in [0.717, 1.165) is 0 Å². The molecule has 0 heterocycles. The maximum absolute atomic E-state index is 6.17. The predicted molar refractivity (Wildman–Crippen MR) is 127 cm³/mol. The predicted octanol–water partition coefficient (Wildman–Crippen LogP) is 5.82. The Morgan fingerprint density at radius 1 is 0.536 bits per heavy atom. The number of hydrogen-bond acceptors (Lipinski definition) is 2. The summed E-state index contributed by atoms with van der Waals surface area (Å²) in [6, 6.07) is 0. The number of rotatable bonds is 4. The highest BCUT2D eigenvalue weighted by Crippen LogP contribution is 2.37. The van der Waals surface area contributed by atoms with Gasteiger partial charge >= 0.3 is 0 Å². The van der Waals surface area contributed by atoms with Crippen molar-refractivity contribution in [2.45, 2.75) is 104 Å². The van der Waals surface area contributed by atoms with Gasteiger partial charge in [-0.3, -0.25) is 0 Å². The Labute approximate surface area is 176 Å². The molecular weight excluding hydrogens is 376 g/mol. The minimum atomic E-state index is -1.80. The third kappa shape index (κ3) is 9.69. The molecule has 0 aliphatic carbocycles. The van der Waals surface area contributed by atoms with E-state index in [1.165, 1.54) is 0 Å². The largest absolute Gasteiger partial charge is 0.404 e. The van der Waals surface area contributed by atoms with Crippen LogP contribution in [0, 0.1) is 47.4 Å². The van der Waals surface area contributed by atoms with Crippen LogP contribution < -0.4 is 0 Å². The molecule has 0 bridgehead atoms. The Morgan fingerprint density at radius 2 is 0.786 bits per heavy atom. The van der Waals surface area contributed by atoms with Crippen LogP contribution in [0.5, 0.6) is 0 Å². The maximum atomic E-state index is 6.17. The molecule has 0 aromatic heterocycles. The highest BCUT2D eigenvalue weighted by atomic mass is 28.4. The molecule has 2 atom stereocenters. The van der Waals surface area contributed by atoms with Crippen LogP contribution in [0.4, 0.5) is 0 Å². The van der Waals surface area contributed by atoms with E-state index < -0.39 is 16.6 Å². The van der Waals surface area contributed by atoms with E-state index >= 15 is 0 Å². The van der Waals surface area contributed by atoms with Gasteiger partial charge in [0.05, 0.1) is 0 Å². The highest BCUT2D eigenvalue weighted by molar-refractivity contribution is 6.74. The Hall–Kier alpha value is -1.41. The molecule has 0 aromatic rings. The lowest BCUT2D eigenvalue weighted by molar-refractivity contribution is 0.251. The monoisotopic (exact) mass is 414 g/mol. The summed E-state index contributed by atoms with van der Waals surface area (Å²) in [6.07, 6.45) is -0.257. The van der Waals surface area contributed by atoms with E-state index in [0.29, 0.717) is 0 Å². The molecule has 0 fully saturated rings. The van der Waals surface area contributed by atoms with Crippen LogP contribution in [0.25, 0.3) is 0 Å². The summed E-state index contributed by atoms with van der Waals surface area (Å²) in [6.45, 7) is 26.1. The van der Waals surface area contributed by atoms with Gasteiger partial charge in [-0.2, -0.15) is 0 Å². The first-order chi connectivity index (χ1) is 12.5. The molecule has 28 heavy (non-hydrogen) atoms. The fourth-order valence-electron chi connectivity index (χ4n) is 1.70. The van der Waals surface area contributed by atoms with Crippen LogP contribution in [-0.2, 0) is 8.85 Å². The lowest BCUT2D eigenvalue weighted by atomic mass is 10.2. The molecule has 0 aliphatic heterocycles. The first-order valence-electron chi connectivity index (χ1n) is 9.86. The fraction of sp³-hybridized carbons (Fsp3) is 0.667. The van der Waals surface area contributed by atoms with E-state index in [4.69, 9.17) is 8.85 Å². The average molecular weight is 415 g/mol. The van der Waals surface area contributed by atoms with Gasteiger partial charge in [0.15, 0.2) is 16.6 Å². The molecule has 0 rings (SSSR count). The summed E-state index contributed by atoms with van der Waals surface area (Å²) < 4.78 is 12.3. The Balaban J connectivity index is 4.71.